The van der Waals surface area contributed by atoms with E-state index in [1.165, 1.54) is 17.7 Å². The molecule has 1 heterocycles. The average molecular weight is 323 g/mol. The minimum Gasteiger partial charge on any atom is -0.297 e. The molecule has 0 unspecified atom stereocenters. The molecule has 1 aliphatic heterocycles. The molecule has 1 atom stereocenters. The van der Waals surface area contributed by atoms with Gasteiger partial charge in [0, 0.05) is 38.8 Å². The van der Waals surface area contributed by atoms with Gasteiger partial charge in [-0.2, -0.15) is 5.26 Å². The number of benzene rings is 2. The number of rotatable bonds is 4. The molecule has 0 aliphatic carbocycles. The number of halogens is 1. The molecule has 0 spiro atoms. The van der Waals surface area contributed by atoms with Crippen molar-refractivity contribution in [2.75, 3.05) is 26.2 Å². The molecule has 0 bridgehead atoms. The number of piperazine rings is 1. The molecule has 2 aromatic rings. The van der Waals surface area contributed by atoms with Crippen LogP contribution >= 0.6 is 0 Å². The Morgan fingerprint density at radius 2 is 1.62 bits per heavy atom. The topological polar surface area (TPSA) is 30.3 Å². The number of nitrogens with zero attached hydrogens (tertiary/aromatic N) is 3. The third-order valence-corrected chi connectivity index (χ3v) is 4.80. The summed E-state index contributed by atoms with van der Waals surface area (Å²) < 4.78 is 13.1. The second-order valence-corrected chi connectivity index (χ2v) is 6.35. The highest BCUT2D eigenvalue weighted by atomic mass is 19.1. The van der Waals surface area contributed by atoms with Crippen molar-refractivity contribution >= 4 is 0 Å². The van der Waals surface area contributed by atoms with Gasteiger partial charge in [0.1, 0.15) is 5.82 Å². The van der Waals surface area contributed by atoms with Crippen LogP contribution in [0.2, 0.25) is 0 Å². The van der Waals surface area contributed by atoms with Gasteiger partial charge in [0.05, 0.1) is 11.6 Å². The minimum atomic E-state index is -0.182. The Morgan fingerprint density at radius 3 is 2.21 bits per heavy atom. The van der Waals surface area contributed by atoms with Gasteiger partial charge >= 0.3 is 0 Å². The summed E-state index contributed by atoms with van der Waals surface area (Å²) in [6.07, 6.45) is 0. The summed E-state index contributed by atoms with van der Waals surface area (Å²) in [5.41, 5.74) is 3.11. The summed E-state index contributed by atoms with van der Waals surface area (Å²) in [4.78, 5) is 4.89. The molecule has 3 nitrogen and oxygen atoms in total. The highest BCUT2D eigenvalue weighted by Gasteiger charge is 2.22. The normalized spacial score (nSPS) is 17.4. The van der Waals surface area contributed by atoms with Gasteiger partial charge < -0.3 is 0 Å². The van der Waals surface area contributed by atoms with Crippen molar-refractivity contribution < 1.29 is 4.39 Å². The lowest BCUT2D eigenvalue weighted by atomic mass is 10.1. The third-order valence-electron chi connectivity index (χ3n) is 4.80. The van der Waals surface area contributed by atoms with E-state index in [2.05, 4.69) is 22.8 Å². The van der Waals surface area contributed by atoms with E-state index in [-0.39, 0.29) is 5.82 Å². The van der Waals surface area contributed by atoms with Crippen molar-refractivity contribution in [3.05, 3.63) is 71.0 Å². The van der Waals surface area contributed by atoms with Crippen molar-refractivity contribution in [1.82, 2.24) is 9.80 Å². The Hall–Kier alpha value is -2.22. The van der Waals surface area contributed by atoms with E-state index in [9.17, 15) is 4.39 Å². The molecule has 1 saturated heterocycles. The molecule has 0 aromatic heterocycles. The highest BCUT2D eigenvalue weighted by Crippen LogP contribution is 2.22. The number of nitriles is 1. The van der Waals surface area contributed by atoms with Crippen LogP contribution in [0.4, 0.5) is 4.39 Å². The maximum absolute atomic E-state index is 13.1. The fourth-order valence-electron chi connectivity index (χ4n) is 3.20. The summed E-state index contributed by atoms with van der Waals surface area (Å²) in [6.45, 7) is 7.16. The maximum Gasteiger partial charge on any atom is 0.123 e. The first kappa shape index (κ1) is 16.6. The first-order chi connectivity index (χ1) is 11.7. The zero-order valence-corrected chi connectivity index (χ0v) is 14.0. The second kappa shape index (κ2) is 7.57. The summed E-state index contributed by atoms with van der Waals surface area (Å²) in [5, 5.41) is 8.85. The van der Waals surface area contributed by atoms with Gasteiger partial charge in [-0.25, -0.2) is 4.39 Å². The van der Waals surface area contributed by atoms with Gasteiger partial charge in [0.25, 0.3) is 0 Å². The predicted molar refractivity (Wildman–Crippen MR) is 92.8 cm³/mol. The molecular formula is C20H22FN3. The molecular weight excluding hydrogens is 301 g/mol. The molecule has 24 heavy (non-hydrogen) atoms. The summed E-state index contributed by atoms with van der Waals surface area (Å²) in [6, 6.07) is 17.1. The maximum atomic E-state index is 13.1. The van der Waals surface area contributed by atoms with E-state index >= 15 is 0 Å². The monoisotopic (exact) mass is 323 g/mol. The molecule has 1 aliphatic rings. The lowest BCUT2D eigenvalue weighted by Gasteiger charge is -2.38. The summed E-state index contributed by atoms with van der Waals surface area (Å²) >= 11 is 0. The standard InChI is InChI=1S/C20H22FN3/c1-16(19-6-8-20(21)9-7-19)24-12-10-23(11-13-24)15-18-4-2-17(14-22)3-5-18/h2-9,16H,10-13,15H2,1H3/t16-/m0/s1. The van der Waals surface area contributed by atoms with Crippen LogP contribution < -0.4 is 0 Å². The smallest absolute Gasteiger partial charge is 0.123 e. The molecule has 124 valence electrons. The fourth-order valence-corrected chi connectivity index (χ4v) is 3.20. The Balaban J connectivity index is 1.53. The molecule has 1 fully saturated rings. The third kappa shape index (κ3) is 4.00. The van der Waals surface area contributed by atoms with Crippen molar-refractivity contribution in [1.29, 1.82) is 5.26 Å². The zero-order chi connectivity index (χ0) is 16.9. The van der Waals surface area contributed by atoms with E-state index in [1.54, 1.807) is 0 Å². The predicted octanol–water partition coefficient (Wildman–Crippen LogP) is 3.58. The summed E-state index contributed by atoms with van der Waals surface area (Å²) in [5.74, 6) is -0.182. The fraction of sp³-hybridized carbons (Fsp3) is 0.350. The van der Waals surface area contributed by atoms with Crippen LogP contribution in [0.25, 0.3) is 0 Å². The Bertz CT molecular complexity index is 695. The first-order valence-electron chi connectivity index (χ1n) is 8.36. The van der Waals surface area contributed by atoms with Crippen molar-refractivity contribution in [3.8, 4) is 6.07 Å². The Morgan fingerprint density at radius 1 is 1.00 bits per heavy atom. The highest BCUT2D eigenvalue weighted by molar-refractivity contribution is 5.31. The number of hydrogen-bond donors (Lipinski definition) is 0. The van der Waals surface area contributed by atoms with E-state index in [1.807, 2.05) is 36.4 Å². The Labute approximate surface area is 142 Å². The molecule has 4 heteroatoms. The van der Waals surface area contributed by atoms with Crippen LogP contribution in [-0.2, 0) is 6.54 Å². The molecule has 0 N–H and O–H groups in total. The first-order valence-corrected chi connectivity index (χ1v) is 8.36. The molecule has 2 aromatic carbocycles. The lowest BCUT2D eigenvalue weighted by molar-refractivity contribution is 0.0978. The zero-order valence-electron chi connectivity index (χ0n) is 14.0. The van der Waals surface area contributed by atoms with Crippen molar-refractivity contribution in [2.24, 2.45) is 0 Å². The van der Waals surface area contributed by atoms with E-state index in [0.29, 0.717) is 11.6 Å². The van der Waals surface area contributed by atoms with Crippen LogP contribution in [0.15, 0.2) is 48.5 Å². The van der Waals surface area contributed by atoms with Gasteiger partial charge in [0.15, 0.2) is 0 Å². The largest absolute Gasteiger partial charge is 0.297 e. The van der Waals surface area contributed by atoms with Gasteiger partial charge in [-0.05, 0) is 42.3 Å². The SMILES string of the molecule is C[C@@H](c1ccc(F)cc1)N1CCN(Cc2ccc(C#N)cc2)CC1. The van der Waals surface area contributed by atoms with Crippen LogP contribution in [0.1, 0.15) is 29.7 Å². The molecule has 0 radical (unpaired) electrons. The van der Waals surface area contributed by atoms with Gasteiger partial charge in [-0.3, -0.25) is 9.80 Å². The van der Waals surface area contributed by atoms with E-state index < -0.39 is 0 Å². The van der Waals surface area contributed by atoms with Crippen LogP contribution in [0.5, 0.6) is 0 Å². The quantitative estimate of drug-likeness (QED) is 0.861. The van der Waals surface area contributed by atoms with Gasteiger partial charge in [-0.15, -0.1) is 0 Å². The van der Waals surface area contributed by atoms with Crippen LogP contribution in [0, 0.1) is 17.1 Å². The van der Waals surface area contributed by atoms with Crippen LogP contribution in [0.3, 0.4) is 0 Å². The number of hydrogen-bond acceptors (Lipinski definition) is 3. The molecule has 0 amide bonds. The van der Waals surface area contributed by atoms with Gasteiger partial charge in [-0.1, -0.05) is 24.3 Å². The van der Waals surface area contributed by atoms with Crippen molar-refractivity contribution in [3.63, 3.8) is 0 Å². The minimum absolute atomic E-state index is 0.182. The summed E-state index contributed by atoms with van der Waals surface area (Å²) in [7, 11) is 0. The second-order valence-electron chi connectivity index (χ2n) is 6.35. The molecule has 0 saturated carbocycles. The van der Waals surface area contributed by atoms with Gasteiger partial charge in [0.2, 0.25) is 0 Å². The van der Waals surface area contributed by atoms with Crippen molar-refractivity contribution in [2.45, 2.75) is 19.5 Å². The average Bonchev–Trinajstić information content (AvgIpc) is 2.63. The van der Waals surface area contributed by atoms with Crippen LogP contribution in [-0.4, -0.2) is 36.0 Å². The lowest BCUT2D eigenvalue weighted by Crippen LogP contribution is -2.46. The van der Waals surface area contributed by atoms with E-state index in [0.717, 1.165) is 38.3 Å². The Kier molecular flexibility index (Phi) is 5.24. The van der Waals surface area contributed by atoms with E-state index in [4.69, 9.17) is 5.26 Å². The molecule has 3 rings (SSSR count).